The number of hydrogen-bond acceptors (Lipinski definition) is 5. The minimum Gasteiger partial charge on any atom is -0.369 e. The number of anilines is 1. The van der Waals surface area contributed by atoms with Gasteiger partial charge in [-0.1, -0.05) is 0 Å². The first-order valence-electron chi connectivity index (χ1n) is 6.44. The number of carbonyl (C=O) groups is 1. The van der Waals surface area contributed by atoms with Crippen molar-refractivity contribution >= 4 is 17.4 Å². The molecule has 2 heterocycles. The number of primary amides is 1. The molecule has 7 nitrogen and oxygen atoms in total. The number of rotatable bonds is 3. The Morgan fingerprint density at radius 1 is 1.37 bits per heavy atom. The molecule has 0 radical (unpaired) electrons. The lowest BCUT2D eigenvalue weighted by atomic mass is 9.85. The molecule has 0 bridgehead atoms. The number of fused-ring (bicyclic) bond motifs is 1. The maximum Gasteiger partial charge on any atom is 0.220 e. The third-order valence-electron chi connectivity index (χ3n) is 3.69. The monoisotopic (exact) mass is 260 g/mol. The van der Waals surface area contributed by atoms with Crippen molar-refractivity contribution in [1.82, 2.24) is 19.6 Å². The molecular weight excluding hydrogens is 244 g/mol. The highest BCUT2D eigenvalue weighted by Gasteiger charge is 2.25. The van der Waals surface area contributed by atoms with Gasteiger partial charge in [0.1, 0.15) is 6.33 Å². The van der Waals surface area contributed by atoms with E-state index >= 15 is 0 Å². The largest absolute Gasteiger partial charge is 0.369 e. The molecule has 1 aliphatic rings. The van der Waals surface area contributed by atoms with E-state index in [1.807, 2.05) is 10.6 Å². The molecule has 100 valence electrons. The summed E-state index contributed by atoms with van der Waals surface area (Å²) < 4.78 is 1.82. The Bertz CT molecular complexity index is 587. The SMILES string of the molecule is NC(=O)C1CCC(Nc2nccn3cnnc23)CC1. The maximum absolute atomic E-state index is 11.1. The molecule has 0 saturated heterocycles. The molecule has 3 rings (SSSR count). The number of aromatic nitrogens is 4. The van der Waals surface area contributed by atoms with E-state index in [1.54, 1.807) is 12.5 Å². The minimum atomic E-state index is -0.184. The van der Waals surface area contributed by atoms with E-state index in [-0.39, 0.29) is 11.8 Å². The van der Waals surface area contributed by atoms with Gasteiger partial charge in [-0.25, -0.2) is 4.98 Å². The Balaban J connectivity index is 1.69. The highest BCUT2D eigenvalue weighted by atomic mass is 16.1. The van der Waals surface area contributed by atoms with Crippen LogP contribution in [0.5, 0.6) is 0 Å². The van der Waals surface area contributed by atoms with Gasteiger partial charge in [0.15, 0.2) is 5.82 Å². The number of amides is 1. The fourth-order valence-corrected chi connectivity index (χ4v) is 2.58. The van der Waals surface area contributed by atoms with Gasteiger partial charge in [0, 0.05) is 24.4 Å². The normalized spacial score (nSPS) is 23.4. The maximum atomic E-state index is 11.1. The van der Waals surface area contributed by atoms with Crippen LogP contribution in [-0.4, -0.2) is 31.5 Å². The molecule has 0 aromatic carbocycles. The van der Waals surface area contributed by atoms with Crippen molar-refractivity contribution < 1.29 is 4.79 Å². The van der Waals surface area contributed by atoms with Crippen molar-refractivity contribution in [3.8, 4) is 0 Å². The van der Waals surface area contributed by atoms with Crippen LogP contribution in [0.2, 0.25) is 0 Å². The Hall–Kier alpha value is -2.18. The van der Waals surface area contributed by atoms with Gasteiger partial charge >= 0.3 is 0 Å². The van der Waals surface area contributed by atoms with E-state index in [4.69, 9.17) is 5.73 Å². The second-order valence-corrected chi connectivity index (χ2v) is 4.93. The topological polar surface area (TPSA) is 98.2 Å². The summed E-state index contributed by atoms with van der Waals surface area (Å²) in [4.78, 5) is 15.4. The minimum absolute atomic E-state index is 0.0230. The fourth-order valence-electron chi connectivity index (χ4n) is 2.58. The average Bonchev–Trinajstić information content (AvgIpc) is 2.89. The molecule has 0 unspecified atom stereocenters. The van der Waals surface area contributed by atoms with Crippen molar-refractivity contribution in [2.24, 2.45) is 11.7 Å². The van der Waals surface area contributed by atoms with E-state index < -0.39 is 0 Å². The predicted molar refractivity (Wildman–Crippen MR) is 69.3 cm³/mol. The first kappa shape index (κ1) is 11.9. The van der Waals surface area contributed by atoms with Gasteiger partial charge in [0.2, 0.25) is 11.6 Å². The number of carbonyl (C=O) groups excluding carboxylic acids is 1. The lowest BCUT2D eigenvalue weighted by Crippen LogP contribution is -2.32. The molecule has 0 atom stereocenters. The lowest BCUT2D eigenvalue weighted by molar-refractivity contribution is -0.122. The number of nitrogens with one attached hydrogen (secondary N) is 1. The first-order chi connectivity index (χ1) is 9.24. The molecule has 1 fully saturated rings. The quantitative estimate of drug-likeness (QED) is 0.841. The summed E-state index contributed by atoms with van der Waals surface area (Å²) in [5.74, 6) is 0.577. The van der Waals surface area contributed by atoms with Crippen LogP contribution < -0.4 is 11.1 Å². The zero-order chi connectivity index (χ0) is 13.2. The summed E-state index contributed by atoms with van der Waals surface area (Å²) in [7, 11) is 0. The molecule has 3 N–H and O–H groups in total. The summed E-state index contributed by atoms with van der Waals surface area (Å²) in [6.45, 7) is 0. The highest BCUT2D eigenvalue weighted by molar-refractivity contribution is 5.76. The fraction of sp³-hybridized carbons (Fsp3) is 0.500. The van der Waals surface area contributed by atoms with Gasteiger partial charge in [0.25, 0.3) is 0 Å². The Morgan fingerprint density at radius 3 is 2.89 bits per heavy atom. The van der Waals surface area contributed by atoms with Crippen molar-refractivity contribution in [3.63, 3.8) is 0 Å². The third-order valence-corrected chi connectivity index (χ3v) is 3.69. The van der Waals surface area contributed by atoms with Crippen molar-refractivity contribution in [2.75, 3.05) is 5.32 Å². The zero-order valence-electron chi connectivity index (χ0n) is 10.5. The molecule has 0 aliphatic heterocycles. The van der Waals surface area contributed by atoms with Gasteiger partial charge in [0.05, 0.1) is 0 Å². The molecule has 7 heteroatoms. The summed E-state index contributed by atoms with van der Waals surface area (Å²) in [6.07, 6.45) is 8.69. The third kappa shape index (κ3) is 2.35. The van der Waals surface area contributed by atoms with Crippen molar-refractivity contribution in [1.29, 1.82) is 0 Å². The highest BCUT2D eigenvalue weighted by Crippen LogP contribution is 2.26. The first-order valence-corrected chi connectivity index (χ1v) is 6.44. The Morgan fingerprint density at radius 2 is 2.16 bits per heavy atom. The molecule has 1 saturated carbocycles. The van der Waals surface area contributed by atoms with Crippen molar-refractivity contribution in [3.05, 3.63) is 18.7 Å². The smallest absolute Gasteiger partial charge is 0.220 e. The van der Waals surface area contributed by atoms with Crippen LogP contribution in [0.3, 0.4) is 0 Å². The summed E-state index contributed by atoms with van der Waals surface area (Å²) >= 11 is 0. The Labute approximate surface area is 110 Å². The van der Waals surface area contributed by atoms with Gasteiger partial charge in [-0.3, -0.25) is 9.20 Å². The second-order valence-electron chi connectivity index (χ2n) is 4.93. The van der Waals surface area contributed by atoms with E-state index in [2.05, 4.69) is 20.5 Å². The van der Waals surface area contributed by atoms with Crippen molar-refractivity contribution in [2.45, 2.75) is 31.7 Å². The van der Waals surface area contributed by atoms with Gasteiger partial charge < -0.3 is 11.1 Å². The average molecular weight is 260 g/mol. The van der Waals surface area contributed by atoms with E-state index in [0.717, 1.165) is 37.1 Å². The Kier molecular flexibility index (Phi) is 3.02. The summed E-state index contributed by atoms with van der Waals surface area (Å²) in [5.41, 5.74) is 6.05. The van der Waals surface area contributed by atoms with Crippen LogP contribution in [0.25, 0.3) is 5.65 Å². The van der Waals surface area contributed by atoms with Crippen LogP contribution in [0.1, 0.15) is 25.7 Å². The number of hydrogen-bond donors (Lipinski definition) is 2. The lowest BCUT2D eigenvalue weighted by Gasteiger charge is -2.27. The molecule has 1 aliphatic carbocycles. The van der Waals surface area contributed by atoms with E-state index in [1.165, 1.54) is 0 Å². The standard InChI is InChI=1S/C12H16N6O/c13-10(19)8-1-3-9(4-2-8)16-11-12-17-15-7-18(12)6-5-14-11/h5-9H,1-4H2,(H2,13,19)(H,14,16). The molecule has 1 amide bonds. The van der Waals surface area contributed by atoms with Crippen LogP contribution in [0, 0.1) is 5.92 Å². The number of nitrogens with zero attached hydrogens (tertiary/aromatic N) is 4. The molecule has 19 heavy (non-hydrogen) atoms. The van der Waals surface area contributed by atoms with Gasteiger partial charge in [-0.15, -0.1) is 10.2 Å². The number of nitrogens with two attached hydrogens (primary N) is 1. The zero-order valence-corrected chi connectivity index (χ0v) is 10.5. The van der Waals surface area contributed by atoms with Crippen LogP contribution in [-0.2, 0) is 4.79 Å². The molecule has 2 aromatic heterocycles. The van der Waals surface area contributed by atoms with Crippen LogP contribution >= 0.6 is 0 Å². The molecule has 2 aromatic rings. The summed E-state index contributed by atoms with van der Waals surface area (Å²) in [6, 6.07) is 0.311. The summed E-state index contributed by atoms with van der Waals surface area (Å²) in [5, 5.41) is 11.3. The van der Waals surface area contributed by atoms with E-state index in [0.29, 0.717) is 6.04 Å². The second kappa shape index (κ2) is 4.83. The molecule has 0 spiro atoms. The molecular formula is C12H16N6O. The van der Waals surface area contributed by atoms with Crippen LogP contribution in [0.4, 0.5) is 5.82 Å². The van der Waals surface area contributed by atoms with Crippen LogP contribution in [0.15, 0.2) is 18.7 Å². The van der Waals surface area contributed by atoms with E-state index in [9.17, 15) is 4.79 Å². The predicted octanol–water partition coefficient (Wildman–Crippen LogP) is 0.580. The van der Waals surface area contributed by atoms with Gasteiger partial charge in [-0.2, -0.15) is 0 Å². The van der Waals surface area contributed by atoms with Gasteiger partial charge in [-0.05, 0) is 25.7 Å².